The monoisotopic (exact) mass is 271 g/mol. The van der Waals surface area contributed by atoms with Crippen LogP contribution in [-0.2, 0) is 6.54 Å². The minimum absolute atomic E-state index is 0.596. The number of nitrogens with one attached hydrogen (secondary N) is 1. The maximum atomic E-state index is 5.66. The molecule has 4 nitrogen and oxygen atoms in total. The molecular weight excluding hydrogens is 250 g/mol. The Labute approximate surface area is 119 Å². The molecule has 1 aliphatic carbocycles. The number of nitrogens with zero attached hydrogens (tertiary/aromatic N) is 2. The molecule has 20 heavy (non-hydrogen) atoms. The standard InChI is InChI=1S/C16H21N3O/c1-2-8-14(9-3-1)16-19-18-15(20-16)12-17-11-10-13-6-4-5-7-13/h1-3,8-9,13,17H,4-7,10-12H2. The summed E-state index contributed by atoms with van der Waals surface area (Å²) in [6.07, 6.45) is 6.89. The van der Waals surface area contributed by atoms with Crippen molar-refractivity contribution in [1.29, 1.82) is 0 Å². The first-order chi connectivity index (χ1) is 9.92. The van der Waals surface area contributed by atoms with Gasteiger partial charge in [-0.05, 0) is 31.0 Å². The van der Waals surface area contributed by atoms with Crippen LogP contribution in [0.25, 0.3) is 11.5 Å². The predicted octanol–water partition coefficient (Wildman–Crippen LogP) is 3.41. The molecule has 1 N–H and O–H groups in total. The minimum atomic E-state index is 0.596. The maximum Gasteiger partial charge on any atom is 0.247 e. The average molecular weight is 271 g/mol. The van der Waals surface area contributed by atoms with Gasteiger partial charge in [-0.25, -0.2) is 0 Å². The lowest BCUT2D eigenvalue weighted by Crippen LogP contribution is -2.17. The van der Waals surface area contributed by atoms with Gasteiger partial charge < -0.3 is 9.73 Å². The van der Waals surface area contributed by atoms with Gasteiger partial charge in [-0.2, -0.15) is 0 Å². The highest BCUT2D eigenvalue weighted by atomic mass is 16.4. The van der Waals surface area contributed by atoms with E-state index in [0.717, 1.165) is 18.0 Å². The first-order valence-corrected chi connectivity index (χ1v) is 7.50. The van der Waals surface area contributed by atoms with Gasteiger partial charge in [0, 0.05) is 5.56 Å². The van der Waals surface area contributed by atoms with Crippen molar-refractivity contribution in [3.8, 4) is 11.5 Å². The molecule has 0 spiro atoms. The lowest BCUT2D eigenvalue weighted by molar-refractivity contribution is 0.443. The molecule has 1 fully saturated rings. The predicted molar refractivity (Wildman–Crippen MR) is 78.0 cm³/mol. The van der Waals surface area contributed by atoms with E-state index in [0.29, 0.717) is 18.3 Å². The van der Waals surface area contributed by atoms with Gasteiger partial charge >= 0.3 is 0 Å². The number of rotatable bonds is 6. The summed E-state index contributed by atoms with van der Waals surface area (Å²) in [4.78, 5) is 0. The normalized spacial score (nSPS) is 15.8. The van der Waals surface area contributed by atoms with Crippen molar-refractivity contribution < 1.29 is 4.42 Å². The molecule has 0 radical (unpaired) electrons. The summed E-state index contributed by atoms with van der Waals surface area (Å²) in [7, 11) is 0. The van der Waals surface area contributed by atoms with Gasteiger partial charge in [0.25, 0.3) is 0 Å². The Hall–Kier alpha value is -1.68. The van der Waals surface area contributed by atoms with E-state index in [4.69, 9.17) is 4.42 Å². The van der Waals surface area contributed by atoms with Crippen LogP contribution in [0.2, 0.25) is 0 Å². The summed E-state index contributed by atoms with van der Waals surface area (Å²) in [6, 6.07) is 9.87. The summed E-state index contributed by atoms with van der Waals surface area (Å²) in [6.45, 7) is 1.69. The third-order valence-corrected chi connectivity index (χ3v) is 3.97. The molecule has 1 heterocycles. The second-order valence-electron chi connectivity index (χ2n) is 5.48. The Bertz CT molecular complexity index is 518. The highest BCUT2D eigenvalue weighted by Gasteiger charge is 2.14. The van der Waals surface area contributed by atoms with Crippen LogP contribution in [0.1, 0.15) is 38.0 Å². The molecule has 1 saturated carbocycles. The van der Waals surface area contributed by atoms with Gasteiger partial charge in [0.1, 0.15) is 0 Å². The van der Waals surface area contributed by atoms with Crippen molar-refractivity contribution in [2.75, 3.05) is 6.54 Å². The van der Waals surface area contributed by atoms with Gasteiger partial charge in [-0.15, -0.1) is 10.2 Å². The van der Waals surface area contributed by atoms with Gasteiger partial charge in [-0.1, -0.05) is 43.9 Å². The Kier molecular flexibility index (Phi) is 4.43. The molecule has 0 saturated heterocycles. The number of benzene rings is 1. The second kappa shape index (κ2) is 6.66. The zero-order chi connectivity index (χ0) is 13.6. The number of hydrogen-bond donors (Lipinski definition) is 1. The van der Waals surface area contributed by atoms with E-state index < -0.39 is 0 Å². The maximum absolute atomic E-state index is 5.66. The van der Waals surface area contributed by atoms with Crippen LogP contribution in [0.5, 0.6) is 0 Å². The van der Waals surface area contributed by atoms with E-state index in [1.165, 1.54) is 32.1 Å². The first kappa shape index (κ1) is 13.3. The van der Waals surface area contributed by atoms with Crippen LogP contribution >= 0.6 is 0 Å². The summed E-state index contributed by atoms with van der Waals surface area (Å²) < 4.78 is 5.66. The van der Waals surface area contributed by atoms with Gasteiger partial charge in [0.2, 0.25) is 11.8 Å². The van der Waals surface area contributed by atoms with Crippen molar-refractivity contribution in [3.05, 3.63) is 36.2 Å². The number of aromatic nitrogens is 2. The van der Waals surface area contributed by atoms with Crippen LogP contribution in [0, 0.1) is 5.92 Å². The molecule has 0 unspecified atom stereocenters. The minimum Gasteiger partial charge on any atom is -0.419 e. The quantitative estimate of drug-likeness (QED) is 0.818. The Morgan fingerprint density at radius 1 is 1.10 bits per heavy atom. The van der Waals surface area contributed by atoms with E-state index in [-0.39, 0.29) is 0 Å². The van der Waals surface area contributed by atoms with Gasteiger partial charge in [0.15, 0.2) is 0 Å². The molecule has 2 aromatic rings. The van der Waals surface area contributed by atoms with Crippen molar-refractivity contribution in [2.24, 2.45) is 5.92 Å². The van der Waals surface area contributed by atoms with Crippen LogP contribution in [-0.4, -0.2) is 16.7 Å². The van der Waals surface area contributed by atoms with Gasteiger partial charge in [-0.3, -0.25) is 0 Å². The third kappa shape index (κ3) is 3.45. The molecule has 3 rings (SSSR count). The third-order valence-electron chi connectivity index (χ3n) is 3.97. The fraction of sp³-hybridized carbons (Fsp3) is 0.500. The molecule has 1 aromatic carbocycles. The van der Waals surface area contributed by atoms with E-state index >= 15 is 0 Å². The van der Waals surface area contributed by atoms with Crippen molar-refractivity contribution in [3.63, 3.8) is 0 Å². The second-order valence-corrected chi connectivity index (χ2v) is 5.48. The van der Waals surface area contributed by atoms with Crippen molar-refractivity contribution >= 4 is 0 Å². The van der Waals surface area contributed by atoms with Crippen LogP contribution < -0.4 is 5.32 Å². The highest BCUT2D eigenvalue weighted by molar-refractivity contribution is 5.51. The topological polar surface area (TPSA) is 51.0 Å². The molecule has 0 amide bonds. The molecule has 1 aliphatic rings. The Balaban J connectivity index is 1.45. The first-order valence-electron chi connectivity index (χ1n) is 7.50. The summed E-state index contributed by atoms with van der Waals surface area (Å²) in [5.41, 5.74) is 0.970. The molecule has 4 heteroatoms. The summed E-state index contributed by atoms with van der Waals surface area (Å²) in [5.74, 6) is 2.18. The average Bonchev–Trinajstić information content (AvgIpc) is 3.16. The van der Waals surface area contributed by atoms with E-state index in [9.17, 15) is 0 Å². The largest absolute Gasteiger partial charge is 0.419 e. The van der Waals surface area contributed by atoms with Crippen LogP contribution in [0.15, 0.2) is 34.7 Å². The van der Waals surface area contributed by atoms with Gasteiger partial charge in [0.05, 0.1) is 6.54 Å². The summed E-state index contributed by atoms with van der Waals surface area (Å²) in [5, 5.41) is 11.6. The Morgan fingerprint density at radius 2 is 1.90 bits per heavy atom. The Morgan fingerprint density at radius 3 is 2.70 bits per heavy atom. The van der Waals surface area contributed by atoms with Crippen molar-refractivity contribution in [2.45, 2.75) is 38.6 Å². The van der Waals surface area contributed by atoms with Crippen LogP contribution in [0.3, 0.4) is 0 Å². The van der Waals surface area contributed by atoms with E-state index in [1.807, 2.05) is 30.3 Å². The van der Waals surface area contributed by atoms with E-state index in [1.54, 1.807) is 0 Å². The molecular formula is C16H21N3O. The molecule has 106 valence electrons. The summed E-state index contributed by atoms with van der Waals surface area (Å²) >= 11 is 0. The number of hydrogen-bond acceptors (Lipinski definition) is 4. The van der Waals surface area contributed by atoms with Crippen LogP contribution in [0.4, 0.5) is 0 Å². The molecule has 1 aromatic heterocycles. The molecule has 0 aliphatic heterocycles. The zero-order valence-electron chi connectivity index (χ0n) is 11.7. The fourth-order valence-corrected chi connectivity index (χ4v) is 2.82. The smallest absolute Gasteiger partial charge is 0.247 e. The lowest BCUT2D eigenvalue weighted by atomic mass is 10.0. The lowest BCUT2D eigenvalue weighted by Gasteiger charge is -2.08. The fourth-order valence-electron chi connectivity index (χ4n) is 2.82. The van der Waals surface area contributed by atoms with E-state index in [2.05, 4.69) is 15.5 Å². The zero-order valence-corrected chi connectivity index (χ0v) is 11.7. The van der Waals surface area contributed by atoms with Crippen molar-refractivity contribution in [1.82, 2.24) is 15.5 Å². The highest BCUT2D eigenvalue weighted by Crippen LogP contribution is 2.26. The SMILES string of the molecule is c1ccc(-c2nnc(CNCCC3CCCC3)o2)cc1. The molecule has 0 atom stereocenters. The molecule has 0 bridgehead atoms.